The minimum absolute atomic E-state index is 0. The number of rotatable bonds is 7. The molecule has 0 aliphatic carbocycles. The van der Waals surface area contributed by atoms with Crippen molar-refractivity contribution in [3.8, 4) is 0 Å². The summed E-state index contributed by atoms with van der Waals surface area (Å²) in [7, 11) is 0. The van der Waals surface area contributed by atoms with E-state index in [2.05, 4.69) is 50.8 Å². The van der Waals surface area contributed by atoms with Crippen LogP contribution in [0, 0.1) is 13.8 Å². The van der Waals surface area contributed by atoms with Crippen molar-refractivity contribution < 1.29 is 0 Å². The highest BCUT2D eigenvalue weighted by Crippen LogP contribution is 2.04. The fraction of sp³-hybridized carbons (Fsp3) is 0.444. The Bertz CT molecular complexity index is 883. The Morgan fingerprint density at radius 2 is 2.04 bits per heavy atom. The van der Waals surface area contributed by atoms with Crippen LogP contribution in [0.15, 0.2) is 35.5 Å². The molecule has 27 heavy (non-hydrogen) atoms. The fourth-order valence-electron chi connectivity index (χ4n) is 2.83. The molecule has 3 aromatic rings. The van der Waals surface area contributed by atoms with Crippen LogP contribution in [0.25, 0.3) is 5.65 Å². The van der Waals surface area contributed by atoms with Crippen molar-refractivity contribution in [3.63, 3.8) is 0 Å². The number of nitrogens with one attached hydrogen (secondary N) is 2. The molecule has 0 bridgehead atoms. The summed E-state index contributed by atoms with van der Waals surface area (Å²) in [6.45, 7) is 9.15. The normalized spacial score (nSPS) is 11.4. The SMILES string of the molecule is CCNC(=NCc1nnc2ccccn12)NCCCn1nc(C)cc1C.I. The number of pyridine rings is 1. The number of nitrogens with zero attached hydrogens (tertiary/aromatic N) is 6. The first-order valence-electron chi connectivity index (χ1n) is 8.99. The third-order valence-corrected chi connectivity index (χ3v) is 4.05. The zero-order chi connectivity index (χ0) is 18.4. The van der Waals surface area contributed by atoms with Crippen molar-refractivity contribution >= 4 is 35.6 Å². The Labute approximate surface area is 176 Å². The van der Waals surface area contributed by atoms with Crippen molar-refractivity contribution in [2.45, 2.75) is 40.3 Å². The lowest BCUT2D eigenvalue weighted by Gasteiger charge is -2.11. The van der Waals surface area contributed by atoms with Gasteiger partial charge in [-0.25, -0.2) is 4.99 Å². The largest absolute Gasteiger partial charge is 0.357 e. The second kappa shape index (κ2) is 10.2. The fourth-order valence-corrected chi connectivity index (χ4v) is 2.83. The van der Waals surface area contributed by atoms with Gasteiger partial charge in [-0.15, -0.1) is 34.2 Å². The predicted octanol–water partition coefficient (Wildman–Crippen LogP) is 2.31. The molecular weight excluding hydrogens is 455 g/mol. The lowest BCUT2D eigenvalue weighted by atomic mass is 10.4. The molecule has 146 valence electrons. The molecule has 2 N–H and O–H groups in total. The molecular formula is C18H27IN8. The first kappa shape index (κ1) is 21.1. The van der Waals surface area contributed by atoms with Gasteiger partial charge in [0.25, 0.3) is 0 Å². The Balaban J connectivity index is 0.00000261. The van der Waals surface area contributed by atoms with Crippen LogP contribution in [0.4, 0.5) is 0 Å². The lowest BCUT2D eigenvalue weighted by Crippen LogP contribution is -2.38. The van der Waals surface area contributed by atoms with E-state index in [1.807, 2.05) is 40.4 Å². The molecule has 0 saturated carbocycles. The average molecular weight is 482 g/mol. The summed E-state index contributed by atoms with van der Waals surface area (Å²) in [6, 6.07) is 7.95. The van der Waals surface area contributed by atoms with Gasteiger partial charge in [-0.05, 0) is 45.4 Å². The highest BCUT2D eigenvalue weighted by atomic mass is 127. The molecule has 0 aromatic carbocycles. The summed E-state index contributed by atoms with van der Waals surface area (Å²) in [5.41, 5.74) is 3.09. The molecule has 3 rings (SSSR count). The summed E-state index contributed by atoms with van der Waals surface area (Å²) >= 11 is 0. The van der Waals surface area contributed by atoms with Gasteiger partial charge in [-0.1, -0.05) is 6.07 Å². The van der Waals surface area contributed by atoms with Gasteiger partial charge < -0.3 is 10.6 Å². The molecule has 9 heteroatoms. The molecule has 0 aliphatic heterocycles. The highest BCUT2D eigenvalue weighted by molar-refractivity contribution is 14.0. The summed E-state index contributed by atoms with van der Waals surface area (Å²) in [5, 5.41) is 19.5. The first-order valence-corrected chi connectivity index (χ1v) is 8.99. The third kappa shape index (κ3) is 5.65. The van der Waals surface area contributed by atoms with Crippen molar-refractivity contribution in [2.24, 2.45) is 4.99 Å². The smallest absolute Gasteiger partial charge is 0.191 e. The van der Waals surface area contributed by atoms with Crippen molar-refractivity contribution in [2.75, 3.05) is 13.1 Å². The third-order valence-electron chi connectivity index (χ3n) is 4.05. The molecule has 8 nitrogen and oxygen atoms in total. The number of hydrogen-bond acceptors (Lipinski definition) is 4. The van der Waals surface area contributed by atoms with Crippen molar-refractivity contribution in [1.82, 2.24) is 35.0 Å². The molecule has 0 atom stereocenters. The monoisotopic (exact) mass is 482 g/mol. The van der Waals surface area contributed by atoms with Gasteiger partial charge in [-0.3, -0.25) is 9.08 Å². The minimum Gasteiger partial charge on any atom is -0.357 e. The van der Waals surface area contributed by atoms with Gasteiger partial charge in [0.15, 0.2) is 17.4 Å². The van der Waals surface area contributed by atoms with Gasteiger partial charge >= 0.3 is 0 Å². The summed E-state index contributed by atoms with van der Waals surface area (Å²) < 4.78 is 4.00. The maximum atomic E-state index is 4.62. The molecule has 0 aliphatic rings. The number of aliphatic imine (C=N–C) groups is 1. The maximum absolute atomic E-state index is 4.62. The van der Waals surface area contributed by atoms with E-state index in [1.165, 1.54) is 5.69 Å². The van der Waals surface area contributed by atoms with Crippen LogP contribution in [0.1, 0.15) is 30.6 Å². The van der Waals surface area contributed by atoms with E-state index in [0.717, 1.165) is 49.2 Å². The highest BCUT2D eigenvalue weighted by Gasteiger charge is 2.05. The van der Waals surface area contributed by atoms with Gasteiger partial charge in [0, 0.05) is 31.5 Å². The van der Waals surface area contributed by atoms with E-state index in [1.54, 1.807) is 0 Å². The summed E-state index contributed by atoms with van der Waals surface area (Å²) in [4.78, 5) is 4.62. The molecule has 0 fully saturated rings. The van der Waals surface area contributed by atoms with E-state index in [9.17, 15) is 0 Å². The van der Waals surface area contributed by atoms with Crippen LogP contribution < -0.4 is 10.6 Å². The van der Waals surface area contributed by atoms with Crippen molar-refractivity contribution in [1.29, 1.82) is 0 Å². The molecule has 0 radical (unpaired) electrons. The topological polar surface area (TPSA) is 84.4 Å². The first-order chi connectivity index (χ1) is 12.7. The van der Waals surface area contributed by atoms with E-state index in [4.69, 9.17) is 0 Å². The van der Waals surface area contributed by atoms with E-state index in [-0.39, 0.29) is 24.0 Å². The van der Waals surface area contributed by atoms with Gasteiger partial charge in [0.05, 0.1) is 5.69 Å². The van der Waals surface area contributed by atoms with Crippen LogP contribution in [0.5, 0.6) is 0 Å². The van der Waals surface area contributed by atoms with E-state index in [0.29, 0.717) is 6.54 Å². The molecule has 0 spiro atoms. The average Bonchev–Trinajstić information content (AvgIpc) is 3.19. The second-order valence-electron chi connectivity index (χ2n) is 6.17. The standard InChI is InChI=1S/C18H26N8.HI/c1-4-19-18(20-9-7-11-26-15(3)12-14(2)24-26)21-13-17-23-22-16-8-5-6-10-25(16)17;/h5-6,8,10,12H,4,7,9,11,13H2,1-3H3,(H2,19,20,21);1H. The molecule has 3 heterocycles. The minimum atomic E-state index is 0. The number of aryl methyl sites for hydroxylation is 3. The Morgan fingerprint density at radius 3 is 2.78 bits per heavy atom. The van der Waals surface area contributed by atoms with Crippen LogP contribution in [-0.2, 0) is 13.1 Å². The Hall–Kier alpha value is -2.17. The van der Waals surface area contributed by atoms with Gasteiger partial charge in [0.1, 0.15) is 6.54 Å². The van der Waals surface area contributed by atoms with Gasteiger partial charge in [0.2, 0.25) is 0 Å². The quantitative estimate of drug-likeness (QED) is 0.234. The lowest BCUT2D eigenvalue weighted by molar-refractivity contribution is 0.555. The summed E-state index contributed by atoms with van der Waals surface area (Å²) in [5.74, 6) is 1.61. The number of hydrogen-bond donors (Lipinski definition) is 2. The van der Waals surface area contributed by atoms with Crippen LogP contribution in [0.3, 0.4) is 0 Å². The Morgan fingerprint density at radius 1 is 1.19 bits per heavy atom. The van der Waals surface area contributed by atoms with Crippen molar-refractivity contribution in [3.05, 3.63) is 47.7 Å². The molecule has 3 aromatic heterocycles. The zero-order valence-corrected chi connectivity index (χ0v) is 18.3. The number of fused-ring (bicyclic) bond motifs is 1. The van der Waals surface area contributed by atoms with Crippen LogP contribution in [0.2, 0.25) is 0 Å². The number of halogens is 1. The zero-order valence-electron chi connectivity index (χ0n) is 16.0. The van der Waals surface area contributed by atoms with Crippen LogP contribution in [-0.4, -0.2) is 43.4 Å². The van der Waals surface area contributed by atoms with Gasteiger partial charge in [-0.2, -0.15) is 5.10 Å². The second-order valence-corrected chi connectivity index (χ2v) is 6.17. The van der Waals surface area contributed by atoms with Crippen LogP contribution >= 0.6 is 24.0 Å². The maximum Gasteiger partial charge on any atom is 0.191 e. The molecule has 0 unspecified atom stereocenters. The predicted molar refractivity (Wildman–Crippen MR) is 118 cm³/mol. The van der Waals surface area contributed by atoms with E-state index < -0.39 is 0 Å². The molecule has 0 saturated heterocycles. The van der Waals surface area contributed by atoms with E-state index >= 15 is 0 Å². The number of guanidine groups is 1. The Kier molecular flexibility index (Phi) is 8.01. The summed E-state index contributed by atoms with van der Waals surface area (Å²) in [6.07, 6.45) is 2.93. The molecule has 0 amide bonds. The number of aromatic nitrogens is 5.